The van der Waals surface area contributed by atoms with Crippen LogP contribution in [-0.2, 0) is 11.3 Å². The Labute approximate surface area is 145 Å². The van der Waals surface area contributed by atoms with Crippen molar-refractivity contribution >= 4 is 29.2 Å². The molecule has 7 nitrogen and oxygen atoms in total. The van der Waals surface area contributed by atoms with Crippen LogP contribution in [0.4, 0.5) is 10.5 Å². The maximum atomic E-state index is 11.8. The number of halogens is 1. The number of aromatic nitrogens is 2. The molecule has 128 valence electrons. The van der Waals surface area contributed by atoms with Crippen LogP contribution in [0.25, 0.3) is 0 Å². The van der Waals surface area contributed by atoms with Crippen LogP contribution in [0.3, 0.4) is 0 Å². The van der Waals surface area contributed by atoms with E-state index >= 15 is 0 Å². The molecule has 0 bridgehead atoms. The van der Waals surface area contributed by atoms with Crippen LogP contribution in [0, 0.1) is 0 Å². The van der Waals surface area contributed by atoms with E-state index in [1.54, 1.807) is 31.2 Å². The number of nitrogens with zero attached hydrogens (tertiary/aromatic N) is 3. The Morgan fingerprint density at radius 3 is 2.62 bits per heavy atom. The van der Waals surface area contributed by atoms with Crippen molar-refractivity contribution in [1.82, 2.24) is 20.0 Å². The Morgan fingerprint density at radius 1 is 1.25 bits per heavy atom. The number of rotatable bonds is 6. The third kappa shape index (κ3) is 5.58. The van der Waals surface area contributed by atoms with Crippen LogP contribution in [-0.4, -0.2) is 47.3 Å². The van der Waals surface area contributed by atoms with Crippen molar-refractivity contribution < 1.29 is 9.59 Å². The van der Waals surface area contributed by atoms with Crippen molar-refractivity contribution in [2.75, 3.05) is 26.0 Å². The molecule has 0 saturated carbocycles. The summed E-state index contributed by atoms with van der Waals surface area (Å²) in [5, 5.41) is 10.2. The highest BCUT2D eigenvalue weighted by molar-refractivity contribution is 6.30. The second-order valence-corrected chi connectivity index (χ2v) is 5.91. The molecule has 0 spiro atoms. The second kappa shape index (κ2) is 8.35. The first-order chi connectivity index (χ1) is 11.4. The molecule has 0 radical (unpaired) electrons. The van der Waals surface area contributed by atoms with Crippen LogP contribution < -0.4 is 10.6 Å². The lowest BCUT2D eigenvalue weighted by atomic mass is 10.2. The first kappa shape index (κ1) is 17.8. The van der Waals surface area contributed by atoms with Gasteiger partial charge in [-0.2, -0.15) is 5.10 Å². The molecule has 1 aromatic heterocycles. The van der Waals surface area contributed by atoms with Gasteiger partial charge in [0.25, 0.3) is 0 Å². The van der Waals surface area contributed by atoms with E-state index in [2.05, 4.69) is 15.7 Å². The topological polar surface area (TPSA) is 79.3 Å². The second-order valence-electron chi connectivity index (χ2n) is 5.47. The van der Waals surface area contributed by atoms with Crippen LogP contribution in [0.15, 0.2) is 36.7 Å². The average Bonchev–Trinajstić information content (AvgIpc) is 2.96. The summed E-state index contributed by atoms with van der Waals surface area (Å²) in [5.41, 5.74) is 1.64. The number of benzene rings is 1. The predicted molar refractivity (Wildman–Crippen MR) is 93.1 cm³/mol. The average molecular weight is 350 g/mol. The molecule has 2 rings (SSSR count). The molecule has 8 heteroatoms. The summed E-state index contributed by atoms with van der Waals surface area (Å²) in [5.74, 6) is -0.0360. The highest BCUT2D eigenvalue weighted by Gasteiger charge is 2.07. The Kier molecular flexibility index (Phi) is 6.20. The molecule has 0 atom stereocenters. The minimum atomic E-state index is -0.368. The molecule has 0 unspecified atom stereocenters. The maximum absolute atomic E-state index is 11.8. The summed E-state index contributed by atoms with van der Waals surface area (Å²) in [4.78, 5) is 24.7. The van der Waals surface area contributed by atoms with Crippen molar-refractivity contribution in [3.05, 3.63) is 47.2 Å². The van der Waals surface area contributed by atoms with E-state index in [-0.39, 0.29) is 24.9 Å². The lowest BCUT2D eigenvalue weighted by Crippen LogP contribution is -2.32. The van der Waals surface area contributed by atoms with Gasteiger partial charge in [0.1, 0.15) is 0 Å². The van der Waals surface area contributed by atoms with Gasteiger partial charge in [-0.25, -0.2) is 4.79 Å². The summed E-state index contributed by atoms with van der Waals surface area (Å²) in [6, 6.07) is 7.12. The Balaban J connectivity index is 1.79. The van der Waals surface area contributed by atoms with Gasteiger partial charge in [-0.05, 0) is 17.7 Å². The molecule has 3 amide bonds. The zero-order valence-corrected chi connectivity index (χ0v) is 14.4. The van der Waals surface area contributed by atoms with Gasteiger partial charge in [-0.15, -0.1) is 0 Å². The Bertz CT molecular complexity index is 697. The van der Waals surface area contributed by atoms with E-state index in [0.29, 0.717) is 17.3 Å². The van der Waals surface area contributed by atoms with Crippen LogP contribution in [0.1, 0.15) is 12.0 Å². The molecule has 0 aliphatic rings. The van der Waals surface area contributed by atoms with Crippen molar-refractivity contribution in [3.8, 4) is 0 Å². The normalized spacial score (nSPS) is 10.3. The third-order valence-corrected chi connectivity index (χ3v) is 3.52. The third-order valence-electron chi connectivity index (χ3n) is 3.27. The van der Waals surface area contributed by atoms with E-state index in [1.807, 2.05) is 24.3 Å². The Morgan fingerprint density at radius 2 is 1.96 bits per heavy atom. The lowest BCUT2D eigenvalue weighted by molar-refractivity contribution is -0.128. The molecule has 0 aliphatic heterocycles. The van der Waals surface area contributed by atoms with Gasteiger partial charge >= 0.3 is 6.03 Å². The van der Waals surface area contributed by atoms with Gasteiger partial charge in [0.2, 0.25) is 5.91 Å². The predicted octanol–water partition coefficient (Wildman–Crippen LogP) is 2.18. The van der Waals surface area contributed by atoms with E-state index in [0.717, 1.165) is 5.56 Å². The minimum Gasteiger partial charge on any atom is -0.349 e. The first-order valence-corrected chi connectivity index (χ1v) is 7.84. The lowest BCUT2D eigenvalue weighted by Gasteiger charge is -2.10. The summed E-state index contributed by atoms with van der Waals surface area (Å²) >= 11 is 5.85. The van der Waals surface area contributed by atoms with E-state index in [9.17, 15) is 9.59 Å². The molecule has 0 saturated heterocycles. The quantitative estimate of drug-likeness (QED) is 0.839. The number of nitrogens with one attached hydrogen (secondary N) is 2. The molecule has 1 aromatic carbocycles. The fourth-order valence-corrected chi connectivity index (χ4v) is 2.10. The van der Waals surface area contributed by atoms with Gasteiger partial charge in [-0.3, -0.25) is 9.48 Å². The first-order valence-electron chi connectivity index (χ1n) is 7.46. The largest absolute Gasteiger partial charge is 0.349 e. The number of anilines is 1. The summed E-state index contributed by atoms with van der Waals surface area (Å²) in [6.07, 6.45) is 3.57. The van der Waals surface area contributed by atoms with Crippen molar-refractivity contribution in [2.24, 2.45) is 0 Å². The minimum absolute atomic E-state index is 0.0360. The number of hydrogen-bond donors (Lipinski definition) is 2. The number of carbonyl (C=O) groups is 2. The van der Waals surface area contributed by atoms with Crippen molar-refractivity contribution in [2.45, 2.75) is 13.0 Å². The molecule has 0 aliphatic carbocycles. The molecule has 1 heterocycles. The van der Waals surface area contributed by atoms with Crippen LogP contribution in [0.5, 0.6) is 0 Å². The number of urea groups is 1. The highest BCUT2D eigenvalue weighted by Crippen LogP contribution is 2.12. The number of amides is 3. The SMILES string of the molecule is CN(C)C(=O)CCNC(=O)Nc1cnn(Cc2ccc(Cl)cc2)c1. The van der Waals surface area contributed by atoms with Gasteiger partial charge < -0.3 is 15.5 Å². The van der Waals surface area contributed by atoms with Gasteiger partial charge in [0.15, 0.2) is 0 Å². The fraction of sp³-hybridized carbons (Fsp3) is 0.312. The molecule has 2 aromatic rings. The van der Waals surface area contributed by atoms with E-state index < -0.39 is 0 Å². The standard InChI is InChI=1S/C16H20ClN5O2/c1-21(2)15(23)7-8-18-16(24)20-14-9-19-22(11-14)10-12-3-5-13(17)6-4-12/h3-6,9,11H,7-8,10H2,1-2H3,(H2,18,20,24). The van der Waals surface area contributed by atoms with Crippen LogP contribution in [0.2, 0.25) is 5.02 Å². The fourth-order valence-electron chi connectivity index (χ4n) is 1.97. The summed E-state index contributed by atoms with van der Waals surface area (Å²) < 4.78 is 1.72. The number of hydrogen-bond acceptors (Lipinski definition) is 3. The maximum Gasteiger partial charge on any atom is 0.319 e. The van der Waals surface area contributed by atoms with Gasteiger partial charge in [0.05, 0.1) is 18.4 Å². The van der Waals surface area contributed by atoms with Crippen molar-refractivity contribution in [3.63, 3.8) is 0 Å². The molecular weight excluding hydrogens is 330 g/mol. The highest BCUT2D eigenvalue weighted by atomic mass is 35.5. The molecule has 24 heavy (non-hydrogen) atoms. The summed E-state index contributed by atoms with van der Waals surface area (Å²) in [7, 11) is 3.36. The zero-order valence-electron chi connectivity index (χ0n) is 13.6. The smallest absolute Gasteiger partial charge is 0.319 e. The van der Waals surface area contributed by atoms with Crippen molar-refractivity contribution in [1.29, 1.82) is 0 Å². The van der Waals surface area contributed by atoms with Gasteiger partial charge in [0, 0.05) is 38.3 Å². The van der Waals surface area contributed by atoms with E-state index in [1.165, 1.54) is 4.90 Å². The zero-order chi connectivity index (χ0) is 17.5. The molecular formula is C16H20ClN5O2. The Hall–Kier alpha value is -2.54. The van der Waals surface area contributed by atoms with E-state index in [4.69, 9.17) is 11.6 Å². The van der Waals surface area contributed by atoms with Gasteiger partial charge in [-0.1, -0.05) is 23.7 Å². The van der Waals surface area contributed by atoms with Crippen LogP contribution >= 0.6 is 11.6 Å². The molecule has 2 N–H and O–H groups in total. The molecule has 0 fully saturated rings. The summed E-state index contributed by atoms with van der Waals surface area (Å²) in [6.45, 7) is 0.861. The number of carbonyl (C=O) groups excluding carboxylic acids is 2. The monoisotopic (exact) mass is 349 g/mol.